The third-order valence-electron chi connectivity index (χ3n) is 5.13. The van der Waals surface area contributed by atoms with Crippen LogP contribution in [0.25, 0.3) is 0 Å². The maximum absolute atomic E-state index is 12.4. The second-order valence-corrected chi connectivity index (χ2v) is 9.12. The highest BCUT2D eigenvalue weighted by Crippen LogP contribution is 2.55. The Labute approximate surface area is 128 Å². The van der Waals surface area contributed by atoms with Gasteiger partial charge in [0.05, 0.1) is 10.6 Å². The molecular weight excluding hydrogens is 282 g/mol. The fraction of sp³-hybridized carbons (Fsp3) is 0.647. The highest BCUT2D eigenvalue weighted by molar-refractivity contribution is 7.91. The van der Waals surface area contributed by atoms with Crippen LogP contribution in [-0.4, -0.2) is 27.3 Å². The lowest BCUT2D eigenvalue weighted by molar-refractivity contribution is 0.0984. The Balaban J connectivity index is 1.86. The molecule has 1 saturated carbocycles. The van der Waals surface area contributed by atoms with Crippen LogP contribution >= 0.6 is 0 Å². The van der Waals surface area contributed by atoms with Crippen LogP contribution in [0.1, 0.15) is 44.6 Å². The molecule has 4 heteroatoms. The number of benzene rings is 1. The first-order valence-electron chi connectivity index (χ1n) is 7.97. The molecule has 0 aromatic heterocycles. The number of nitrogens with one attached hydrogen (secondary N) is 1. The summed E-state index contributed by atoms with van der Waals surface area (Å²) in [5.74, 6) is 1.10. The summed E-state index contributed by atoms with van der Waals surface area (Å²) in [6.07, 6.45) is 3.52. The molecule has 3 nitrogen and oxygen atoms in total. The zero-order valence-corrected chi connectivity index (χ0v) is 13.7. The summed E-state index contributed by atoms with van der Waals surface area (Å²) in [7, 11) is -3.08. The fourth-order valence-electron chi connectivity index (χ4n) is 3.85. The van der Waals surface area contributed by atoms with Gasteiger partial charge >= 0.3 is 0 Å². The Morgan fingerprint density at radius 3 is 2.62 bits per heavy atom. The third kappa shape index (κ3) is 2.64. The van der Waals surface area contributed by atoms with E-state index < -0.39 is 9.84 Å². The summed E-state index contributed by atoms with van der Waals surface area (Å²) in [6.45, 7) is 6.36. The molecule has 2 aliphatic rings. The molecule has 0 radical (unpaired) electrons. The summed E-state index contributed by atoms with van der Waals surface area (Å²) in [5, 5.41) is 3.57. The fourth-order valence-corrected chi connectivity index (χ4v) is 5.85. The Hall–Kier alpha value is -0.870. The van der Waals surface area contributed by atoms with Gasteiger partial charge in [-0.25, -0.2) is 8.42 Å². The van der Waals surface area contributed by atoms with E-state index in [-0.39, 0.29) is 11.3 Å². The van der Waals surface area contributed by atoms with Gasteiger partial charge in [-0.3, -0.25) is 0 Å². The second-order valence-electron chi connectivity index (χ2n) is 7.11. The molecule has 1 unspecified atom stereocenters. The van der Waals surface area contributed by atoms with E-state index in [4.69, 9.17) is 0 Å². The van der Waals surface area contributed by atoms with Crippen LogP contribution in [0.4, 0.5) is 0 Å². The smallest absolute Gasteiger partial charge is 0.179 e. The molecule has 1 fully saturated rings. The molecule has 1 N–H and O–H groups in total. The highest BCUT2D eigenvalue weighted by Gasteiger charge is 2.50. The van der Waals surface area contributed by atoms with Gasteiger partial charge in [-0.05, 0) is 42.3 Å². The van der Waals surface area contributed by atoms with Gasteiger partial charge in [0.25, 0.3) is 0 Å². The SMILES string of the molecule is CC(C)CNCC1(C2CS(=O)(=O)c3ccccc32)CCC1. The van der Waals surface area contributed by atoms with Crippen LogP contribution in [0.3, 0.4) is 0 Å². The minimum atomic E-state index is -3.08. The lowest BCUT2D eigenvalue weighted by Crippen LogP contribution is -2.45. The summed E-state index contributed by atoms with van der Waals surface area (Å²) in [5.41, 5.74) is 1.21. The average Bonchev–Trinajstić information content (AvgIpc) is 2.66. The van der Waals surface area contributed by atoms with E-state index in [0.717, 1.165) is 31.5 Å². The predicted octanol–water partition coefficient (Wildman–Crippen LogP) is 2.97. The van der Waals surface area contributed by atoms with Crippen LogP contribution < -0.4 is 5.32 Å². The quantitative estimate of drug-likeness (QED) is 0.909. The van der Waals surface area contributed by atoms with Crippen molar-refractivity contribution in [2.75, 3.05) is 18.8 Å². The average molecular weight is 307 g/mol. The summed E-state index contributed by atoms with van der Waals surface area (Å²) in [6, 6.07) is 7.61. The monoisotopic (exact) mass is 307 g/mol. The van der Waals surface area contributed by atoms with Crippen molar-refractivity contribution in [1.82, 2.24) is 5.32 Å². The lowest BCUT2D eigenvalue weighted by atomic mass is 9.60. The second kappa shape index (κ2) is 5.40. The minimum absolute atomic E-state index is 0.147. The minimum Gasteiger partial charge on any atom is -0.316 e. The highest BCUT2D eigenvalue weighted by atomic mass is 32.2. The zero-order chi connectivity index (χ0) is 15.1. The van der Waals surface area contributed by atoms with Crippen LogP contribution in [0.15, 0.2) is 29.2 Å². The molecule has 1 aromatic carbocycles. The summed E-state index contributed by atoms with van der Waals surface area (Å²) in [4.78, 5) is 0.574. The van der Waals surface area contributed by atoms with Gasteiger partial charge in [-0.1, -0.05) is 38.5 Å². The van der Waals surface area contributed by atoms with E-state index in [9.17, 15) is 8.42 Å². The summed E-state index contributed by atoms with van der Waals surface area (Å²) < 4.78 is 24.8. The number of hydrogen-bond donors (Lipinski definition) is 1. The number of rotatable bonds is 5. The number of sulfone groups is 1. The van der Waals surface area contributed by atoms with Gasteiger partial charge < -0.3 is 5.32 Å². The molecule has 0 amide bonds. The van der Waals surface area contributed by atoms with Gasteiger partial charge in [0.1, 0.15) is 0 Å². The predicted molar refractivity (Wildman–Crippen MR) is 85.2 cm³/mol. The third-order valence-corrected chi connectivity index (χ3v) is 6.95. The van der Waals surface area contributed by atoms with Crippen molar-refractivity contribution in [1.29, 1.82) is 0 Å². The molecule has 1 atom stereocenters. The first kappa shape index (κ1) is 15.0. The molecule has 0 saturated heterocycles. The van der Waals surface area contributed by atoms with Crippen molar-refractivity contribution in [3.05, 3.63) is 29.8 Å². The molecule has 0 bridgehead atoms. The van der Waals surface area contributed by atoms with Gasteiger partial charge in [0.15, 0.2) is 9.84 Å². The first-order chi connectivity index (χ1) is 9.95. The van der Waals surface area contributed by atoms with Crippen molar-refractivity contribution in [3.8, 4) is 0 Å². The van der Waals surface area contributed by atoms with Gasteiger partial charge in [-0.15, -0.1) is 0 Å². The van der Waals surface area contributed by atoms with Gasteiger partial charge in [0.2, 0.25) is 0 Å². The topological polar surface area (TPSA) is 46.2 Å². The molecule has 21 heavy (non-hydrogen) atoms. The largest absolute Gasteiger partial charge is 0.316 e. The van der Waals surface area contributed by atoms with E-state index in [2.05, 4.69) is 19.2 Å². The maximum atomic E-state index is 12.4. The maximum Gasteiger partial charge on any atom is 0.179 e. The van der Waals surface area contributed by atoms with Crippen molar-refractivity contribution >= 4 is 9.84 Å². The van der Waals surface area contributed by atoms with E-state index in [1.165, 1.54) is 6.42 Å². The van der Waals surface area contributed by atoms with E-state index in [0.29, 0.717) is 16.6 Å². The Bertz CT molecular complexity index is 617. The zero-order valence-electron chi connectivity index (χ0n) is 12.9. The van der Waals surface area contributed by atoms with Crippen LogP contribution in [0.5, 0.6) is 0 Å². The molecule has 116 valence electrons. The number of hydrogen-bond acceptors (Lipinski definition) is 3. The molecule has 1 aliphatic heterocycles. The number of fused-ring (bicyclic) bond motifs is 1. The first-order valence-corrected chi connectivity index (χ1v) is 9.62. The van der Waals surface area contributed by atoms with Gasteiger partial charge in [0, 0.05) is 12.5 Å². The van der Waals surface area contributed by atoms with E-state index in [1.807, 2.05) is 18.2 Å². The van der Waals surface area contributed by atoms with Gasteiger partial charge in [-0.2, -0.15) is 0 Å². The van der Waals surface area contributed by atoms with Crippen molar-refractivity contribution in [3.63, 3.8) is 0 Å². The molecular formula is C17H25NO2S. The Morgan fingerprint density at radius 1 is 1.29 bits per heavy atom. The lowest BCUT2D eigenvalue weighted by Gasteiger charge is -2.47. The van der Waals surface area contributed by atoms with Crippen LogP contribution in [0, 0.1) is 11.3 Å². The molecule has 0 spiro atoms. The standard InChI is InChI=1S/C17H25NO2S/c1-13(2)10-18-12-17(8-5-9-17)15-11-21(19,20)16-7-4-3-6-14(15)16/h3-4,6-7,13,15,18H,5,8-12H2,1-2H3. The van der Waals surface area contributed by atoms with Crippen LogP contribution in [-0.2, 0) is 9.84 Å². The molecule has 3 rings (SSSR count). The molecule has 1 aromatic rings. The normalized spacial score (nSPS) is 25.6. The van der Waals surface area contributed by atoms with E-state index >= 15 is 0 Å². The summed E-state index contributed by atoms with van der Waals surface area (Å²) >= 11 is 0. The van der Waals surface area contributed by atoms with Crippen molar-refractivity contribution < 1.29 is 8.42 Å². The van der Waals surface area contributed by atoms with Crippen molar-refractivity contribution in [2.45, 2.75) is 43.9 Å². The Morgan fingerprint density at radius 2 is 2.00 bits per heavy atom. The van der Waals surface area contributed by atoms with E-state index in [1.54, 1.807) is 6.07 Å². The van der Waals surface area contributed by atoms with Crippen molar-refractivity contribution in [2.24, 2.45) is 11.3 Å². The van der Waals surface area contributed by atoms with Crippen LogP contribution in [0.2, 0.25) is 0 Å². The molecule has 1 heterocycles. The molecule has 1 aliphatic carbocycles. The Kier molecular flexibility index (Phi) is 3.87.